The van der Waals surface area contributed by atoms with Crippen LogP contribution < -0.4 is 0 Å². The summed E-state index contributed by atoms with van der Waals surface area (Å²) >= 11 is 0. The molecular weight excluding hydrogens is 236 g/mol. The number of ketones is 2. The number of rotatable bonds is 1. The summed E-state index contributed by atoms with van der Waals surface area (Å²) < 4.78 is 0. The summed E-state index contributed by atoms with van der Waals surface area (Å²) in [6.45, 7) is 3.96. The van der Waals surface area contributed by atoms with E-state index in [4.69, 9.17) is 0 Å². The second-order valence-electron chi connectivity index (χ2n) is 5.13. The molecule has 0 N–H and O–H groups in total. The van der Waals surface area contributed by atoms with E-state index >= 15 is 0 Å². The summed E-state index contributed by atoms with van der Waals surface area (Å²) in [6, 6.07) is 13.0. The zero-order valence-corrected chi connectivity index (χ0v) is 10.9. The molecule has 0 aromatic heterocycles. The van der Waals surface area contributed by atoms with Gasteiger partial charge in [0.05, 0.1) is 0 Å². The van der Waals surface area contributed by atoms with Gasteiger partial charge in [0.1, 0.15) is 5.92 Å². The van der Waals surface area contributed by atoms with Crippen LogP contribution in [0.5, 0.6) is 0 Å². The Bertz CT molecular complexity index is 643. The van der Waals surface area contributed by atoms with E-state index < -0.39 is 5.92 Å². The average Bonchev–Trinajstić information content (AvgIpc) is 2.61. The molecule has 0 unspecified atom stereocenters. The van der Waals surface area contributed by atoms with E-state index in [1.165, 1.54) is 0 Å². The van der Waals surface area contributed by atoms with Gasteiger partial charge in [0, 0.05) is 11.1 Å². The third kappa shape index (κ3) is 1.80. The molecular formula is C17H14O2. The molecule has 0 radical (unpaired) electrons. The molecule has 3 rings (SSSR count). The predicted octanol–water partition coefficient (Wildman–Crippen LogP) is 3.47. The van der Waals surface area contributed by atoms with E-state index in [0.29, 0.717) is 11.1 Å². The highest BCUT2D eigenvalue weighted by Crippen LogP contribution is 2.34. The van der Waals surface area contributed by atoms with Gasteiger partial charge in [-0.25, -0.2) is 0 Å². The molecule has 0 fully saturated rings. The Balaban J connectivity index is 2.14. The van der Waals surface area contributed by atoms with Gasteiger partial charge >= 0.3 is 0 Å². The first-order valence-electron chi connectivity index (χ1n) is 6.33. The van der Waals surface area contributed by atoms with Crippen LogP contribution in [0.3, 0.4) is 0 Å². The number of aryl methyl sites for hydroxylation is 2. The molecule has 1 aliphatic carbocycles. The Kier molecular flexibility index (Phi) is 2.59. The van der Waals surface area contributed by atoms with Gasteiger partial charge in [0.15, 0.2) is 11.6 Å². The molecule has 94 valence electrons. The van der Waals surface area contributed by atoms with Crippen molar-refractivity contribution in [3.63, 3.8) is 0 Å². The van der Waals surface area contributed by atoms with Crippen molar-refractivity contribution < 1.29 is 9.59 Å². The second kappa shape index (κ2) is 4.16. The summed E-state index contributed by atoms with van der Waals surface area (Å²) in [6.07, 6.45) is 0. The Hall–Kier alpha value is -2.22. The first kappa shape index (κ1) is 11.8. The van der Waals surface area contributed by atoms with Gasteiger partial charge in [-0.2, -0.15) is 0 Å². The van der Waals surface area contributed by atoms with Crippen LogP contribution in [0.25, 0.3) is 0 Å². The van der Waals surface area contributed by atoms with Crippen LogP contribution >= 0.6 is 0 Å². The standard InChI is InChI=1S/C17H14O2/c1-10-7-11(2)9-12(8-10)15-16(18)13-5-3-4-6-14(13)17(15)19/h3-9,15H,1-2H3. The molecule has 0 saturated heterocycles. The molecule has 2 aromatic rings. The Morgan fingerprint density at radius 2 is 1.26 bits per heavy atom. The summed E-state index contributed by atoms with van der Waals surface area (Å²) in [7, 11) is 0. The zero-order chi connectivity index (χ0) is 13.6. The van der Waals surface area contributed by atoms with Crippen LogP contribution in [0.15, 0.2) is 42.5 Å². The van der Waals surface area contributed by atoms with Crippen LogP contribution in [0.2, 0.25) is 0 Å². The molecule has 2 aromatic carbocycles. The van der Waals surface area contributed by atoms with Crippen molar-refractivity contribution in [3.8, 4) is 0 Å². The van der Waals surface area contributed by atoms with Crippen molar-refractivity contribution in [2.24, 2.45) is 0 Å². The van der Waals surface area contributed by atoms with E-state index in [-0.39, 0.29) is 11.6 Å². The molecule has 0 saturated carbocycles. The zero-order valence-electron chi connectivity index (χ0n) is 10.9. The highest BCUT2D eigenvalue weighted by Gasteiger charge is 2.39. The molecule has 0 amide bonds. The summed E-state index contributed by atoms with van der Waals surface area (Å²) in [5, 5.41) is 0. The highest BCUT2D eigenvalue weighted by molar-refractivity contribution is 6.29. The van der Waals surface area contributed by atoms with E-state index in [9.17, 15) is 9.59 Å². The largest absolute Gasteiger partial charge is 0.293 e. The maximum atomic E-state index is 12.4. The van der Waals surface area contributed by atoms with E-state index in [1.54, 1.807) is 24.3 Å². The lowest BCUT2D eigenvalue weighted by molar-refractivity contribution is 0.0890. The molecule has 0 aliphatic heterocycles. The monoisotopic (exact) mass is 250 g/mol. The van der Waals surface area contributed by atoms with E-state index in [0.717, 1.165) is 16.7 Å². The third-order valence-electron chi connectivity index (χ3n) is 3.56. The fourth-order valence-electron chi connectivity index (χ4n) is 2.82. The summed E-state index contributed by atoms with van der Waals surface area (Å²) in [4.78, 5) is 24.8. The smallest absolute Gasteiger partial charge is 0.178 e. The molecule has 0 atom stereocenters. The van der Waals surface area contributed by atoms with Crippen molar-refractivity contribution in [1.29, 1.82) is 0 Å². The number of carbonyl (C=O) groups excluding carboxylic acids is 2. The van der Waals surface area contributed by atoms with Crippen LogP contribution in [-0.2, 0) is 0 Å². The lowest BCUT2D eigenvalue weighted by Gasteiger charge is -2.09. The lowest BCUT2D eigenvalue weighted by atomic mass is 9.92. The van der Waals surface area contributed by atoms with Gasteiger partial charge < -0.3 is 0 Å². The van der Waals surface area contributed by atoms with Gasteiger partial charge in [-0.15, -0.1) is 0 Å². The second-order valence-corrected chi connectivity index (χ2v) is 5.13. The van der Waals surface area contributed by atoms with Gasteiger partial charge in [0.2, 0.25) is 0 Å². The summed E-state index contributed by atoms with van der Waals surface area (Å²) in [5.74, 6) is -0.813. The van der Waals surface area contributed by atoms with Gasteiger partial charge in [0.25, 0.3) is 0 Å². The number of benzene rings is 2. The van der Waals surface area contributed by atoms with Crippen LogP contribution in [0.1, 0.15) is 43.3 Å². The predicted molar refractivity (Wildman–Crippen MR) is 73.8 cm³/mol. The van der Waals surface area contributed by atoms with Crippen molar-refractivity contribution >= 4 is 11.6 Å². The molecule has 0 spiro atoms. The van der Waals surface area contributed by atoms with Crippen molar-refractivity contribution in [2.45, 2.75) is 19.8 Å². The van der Waals surface area contributed by atoms with Crippen molar-refractivity contribution in [3.05, 3.63) is 70.3 Å². The maximum Gasteiger partial charge on any atom is 0.178 e. The maximum absolute atomic E-state index is 12.4. The molecule has 2 heteroatoms. The fourth-order valence-corrected chi connectivity index (χ4v) is 2.82. The minimum absolute atomic E-state index is 0.0781. The highest BCUT2D eigenvalue weighted by atomic mass is 16.2. The Morgan fingerprint density at radius 1 is 0.789 bits per heavy atom. The molecule has 19 heavy (non-hydrogen) atoms. The number of carbonyl (C=O) groups is 2. The minimum atomic E-state index is -0.656. The summed E-state index contributed by atoms with van der Waals surface area (Å²) in [5.41, 5.74) is 4.06. The number of hydrogen-bond donors (Lipinski definition) is 0. The third-order valence-corrected chi connectivity index (χ3v) is 3.56. The number of Topliss-reactive ketones (excluding diaryl/α,β-unsaturated/α-hetero) is 2. The number of fused-ring (bicyclic) bond motifs is 1. The van der Waals surface area contributed by atoms with Crippen molar-refractivity contribution in [2.75, 3.05) is 0 Å². The fraction of sp³-hybridized carbons (Fsp3) is 0.176. The quantitative estimate of drug-likeness (QED) is 0.726. The normalized spacial score (nSPS) is 14.8. The van der Waals surface area contributed by atoms with E-state index in [2.05, 4.69) is 0 Å². The van der Waals surface area contributed by atoms with Crippen LogP contribution in [0.4, 0.5) is 0 Å². The topological polar surface area (TPSA) is 34.1 Å². The molecule has 0 bridgehead atoms. The molecule has 0 heterocycles. The molecule has 1 aliphatic rings. The van der Waals surface area contributed by atoms with Crippen LogP contribution in [0, 0.1) is 13.8 Å². The first-order chi connectivity index (χ1) is 9.08. The average molecular weight is 250 g/mol. The Labute approximate surface area is 112 Å². The minimum Gasteiger partial charge on any atom is -0.293 e. The van der Waals surface area contributed by atoms with Crippen LogP contribution in [-0.4, -0.2) is 11.6 Å². The first-order valence-corrected chi connectivity index (χ1v) is 6.33. The van der Waals surface area contributed by atoms with Crippen molar-refractivity contribution in [1.82, 2.24) is 0 Å². The SMILES string of the molecule is Cc1cc(C)cc(C2C(=O)c3ccccc3C2=O)c1. The lowest BCUT2D eigenvalue weighted by Crippen LogP contribution is -2.13. The number of hydrogen-bond acceptors (Lipinski definition) is 2. The van der Waals surface area contributed by atoms with Gasteiger partial charge in [-0.05, 0) is 19.4 Å². The van der Waals surface area contributed by atoms with Gasteiger partial charge in [-0.1, -0.05) is 53.6 Å². The molecule has 2 nitrogen and oxygen atoms in total. The van der Waals surface area contributed by atoms with Gasteiger partial charge in [-0.3, -0.25) is 9.59 Å². The van der Waals surface area contributed by atoms with E-state index in [1.807, 2.05) is 32.0 Å². The Morgan fingerprint density at radius 3 is 1.74 bits per heavy atom.